The molecule has 1 radical (unpaired) electrons. The summed E-state index contributed by atoms with van der Waals surface area (Å²) in [5.41, 5.74) is 1.62. The van der Waals surface area contributed by atoms with Crippen LogP contribution in [0.5, 0.6) is 0 Å². The molecule has 0 aromatic rings. The Kier molecular flexibility index (Phi) is 11.7. The van der Waals surface area contributed by atoms with Crippen molar-refractivity contribution in [1.82, 2.24) is 0 Å². The smallest absolute Gasteiger partial charge is 0.333 e. The van der Waals surface area contributed by atoms with Crippen LogP contribution < -0.4 is 0 Å². The van der Waals surface area contributed by atoms with Crippen molar-refractivity contribution in [3.05, 3.63) is 12.2 Å². The lowest BCUT2D eigenvalue weighted by Crippen LogP contribution is -2.36. The second kappa shape index (κ2) is 12.0. The summed E-state index contributed by atoms with van der Waals surface area (Å²) in [4.78, 5) is 11.3. The Morgan fingerprint density at radius 3 is 2.50 bits per heavy atom. The maximum Gasteiger partial charge on any atom is 0.333 e. The average molecular weight is 348 g/mol. The maximum absolute atomic E-state index is 11.3. The van der Waals surface area contributed by atoms with E-state index in [-0.39, 0.29) is 12.6 Å². The van der Waals surface area contributed by atoms with Gasteiger partial charge in [0.15, 0.2) is 8.32 Å². The normalized spacial score (nSPS) is 11.7. The number of hydrogen-bond acceptors (Lipinski definition) is 5. The van der Waals surface area contributed by atoms with Crippen LogP contribution in [-0.2, 0) is 18.7 Å². The first-order chi connectivity index (χ1) is 10.3. The summed E-state index contributed by atoms with van der Waals surface area (Å²) < 4.78 is 16.3. The molecule has 0 spiro atoms. The Labute approximate surface area is 137 Å². The number of carbonyl (C=O) groups excluding carboxylic acids is 1. The molecule has 0 saturated carbocycles. The quantitative estimate of drug-likeness (QED) is 0.240. The van der Waals surface area contributed by atoms with Crippen molar-refractivity contribution >= 4 is 23.1 Å². The van der Waals surface area contributed by atoms with Gasteiger partial charge in [-0.25, -0.2) is 4.79 Å². The molecule has 0 atom stereocenters. The van der Waals surface area contributed by atoms with Gasteiger partial charge in [0.1, 0.15) is 0 Å². The maximum atomic E-state index is 11.3. The Hall–Kier alpha value is -0.476. The van der Waals surface area contributed by atoms with Crippen molar-refractivity contribution in [2.75, 3.05) is 33.0 Å². The summed E-state index contributed by atoms with van der Waals surface area (Å²) >= 11 is 0. The topological polar surface area (TPSA) is 65.0 Å². The minimum Gasteiger partial charge on any atom is -0.462 e. The standard InChI is InChI=1S/C15H31O5Si2/c1-14(2)15(17)19-8-6-12-21(3)13-22(4,5)20-11-10-18-9-7-16/h16H,1,6-13H2,2-5H3. The fraction of sp³-hybridized carbons (Fsp3) is 0.800. The lowest BCUT2D eigenvalue weighted by Gasteiger charge is -2.25. The van der Waals surface area contributed by atoms with Gasteiger partial charge in [-0.3, -0.25) is 0 Å². The number of hydrogen-bond donors (Lipinski definition) is 1. The third-order valence-corrected chi connectivity index (χ3v) is 11.0. The van der Waals surface area contributed by atoms with Gasteiger partial charge in [-0.2, -0.15) is 0 Å². The van der Waals surface area contributed by atoms with E-state index in [1.54, 1.807) is 6.92 Å². The Bertz CT molecular complexity index is 334. The molecule has 0 saturated heterocycles. The highest BCUT2D eigenvalue weighted by molar-refractivity contribution is 6.84. The van der Waals surface area contributed by atoms with Crippen LogP contribution in [-0.4, -0.2) is 61.2 Å². The van der Waals surface area contributed by atoms with Crippen molar-refractivity contribution in [1.29, 1.82) is 0 Å². The van der Waals surface area contributed by atoms with Crippen molar-refractivity contribution < 1.29 is 23.8 Å². The predicted octanol–water partition coefficient (Wildman–Crippen LogP) is 2.39. The van der Waals surface area contributed by atoms with E-state index in [0.29, 0.717) is 32.0 Å². The largest absolute Gasteiger partial charge is 0.462 e. The number of aliphatic hydroxyl groups is 1. The first-order valence-electron chi connectivity index (χ1n) is 7.75. The van der Waals surface area contributed by atoms with Gasteiger partial charge in [-0.05, 0) is 32.1 Å². The Balaban J connectivity index is 3.76. The SMILES string of the molecule is C=C(C)C(=O)OCCC[Si](C)C[Si](C)(C)OCCOCCO. The molecular weight excluding hydrogens is 316 g/mol. The average Bonchev–Trinajstić information content (AvgIpc) is 2.42. The predicted molar refractivity (Wildman–Crippen MR) is 93.0 cm³/mol. The Morgan fingerprint density at radius 2 is 1.91 bits per heavy atom. The molecule has 0 aliphatic heterocycles. The summed E-state index contributed by atoms with van der Waals surface area (Å²) in [7, 11) is -2.11. The minimum atomic E-state index is -1.65. The number of aliphatic hydroxyl groups excluding tert-OH is 1. The molecular formula is C15H31O5Si2. The molecule has 0 aliphatic rings. The van der Waals surface area contributed by atoms with E-state index in [2.05, 4.69) is 26.2 Å². The highest BCUT2D eigenvalue weighted by Crippen LogP contribution is 2.16. The summed E-state index contributed by atoms with van der Waals surface area (Å²) in [6.45, 7) is 14.0. The zero-order chi connectivity index (χ0) is 17.0. The summed E-state index contributed by atoms with van der Waals surface area (Å²) in [6.07, 6.45) is 0.911. The van der Waals surface area contributed by atoms with E-state index in [9.17, 15) is 4.79 Å². The molecule has 0 unspecified atom stereocenters. The van der Waals surface area contributed by atoms with Crippen LogP contribution in [0.4, 0.5) is 0 Å². The van der Waals surface area contributed by atoms with Crippen LogP contribution in [0, 0.1) is 0 Å². The monoisotopic (exact) mass is 347 g/mol. The van der Waals surface area contributed by atoms with Gasteiger partial charge in [-0.15, -0.1) is 0 Å². The van der Waals surface area contributed by atoms with E-state index in [1.165, 1.54) is 5.67 Å². The van der Waals surface area contributed by atoms with Gasteiger partial charge < -0.3 is 19.0 Å². The molecule has 0 bridgehead atoms. The summed E-state index contributed by atoms with van der Waals surface area (Å²) in [5, 5.41) is 8.62. The number of carbonyl (C=O) groups is 1. The third-order valence-electron chi connectivity index (χ3n) is 3.01. The highest BCUT2D eigenvalue weighted by Gasteiger charge is 2.25. The molecule has 0 heterocycles. The molecule has 7 heteroatoms. The zero-order valence-electron chi connectivity index (χ0n) is 14.4. The minimum absolute atomic E-state index is 0.0544. The number of ether oxygens (including phenoxy) is 2. The van der Waals surface area contributed by atoms with Crippen molar-refractivity contribution in [3.63, 3.8) is 0 Å². The lowest BCUT2D eigenvalue weighted by atomic mass is 10.4. The van der Waals surface area contributed by atoms with Gasteiger partial charge in [0, 0.05) is 14.4 Å². The van der Waals surface area contributed by atoms with Gasteiger partial charge in [0.05, 0.1) is 33.0 Å². The molecule has 129 valence electrons. The molecule has 5 nitrogen and oxygen atoms in total. The van der Waals surface area contributed by atoms with Gasteiger partial charge in [-0.1, -0.05) is 19.2 Å². The Morgan fingerprint density at radius 1 is 1.23 bits per heavy atom. The van der Waals surface area contributed by atoms with Crippen LogP contribution in [0.3, 0.4) is 0 Å². The highest BCUT2D eigenvalue weighted by atomic mass is 28.4. The van der Waals surface area contributed by atoms with Gasteiger partial charge in [0.25, 0.3) is 0 Å². The molecule has 0 aromatic heterocycles. The number of esters is 1. The lowest BCUT2D eigenvalue weighted by molar-refractivity contribution is -0.138. The summed E-state index contributed by atoms with van der Waals surface area (Å²) in [5.74, 6) is -0.300. The zero-order valence-corrected chi connectivity index (χ0v) is 16.4. The van der Waals surface area contributed by atoms with Crippen LogP contribution in [0.25, 0.3) is 0 Å². The fourth-order valence-electron chi connectivity index (χ4n) is 2.07. The van der Waals surface area contributed by atoms with E-state index < -0.39 is 17.1 Å². The van der Waals surface area contributed by atoms with E-state index in [1.807, 2.05) is 0 Å². The third kappa shape index (κ3) is 12.1. The second-order valence-electron chi connectivity index (χ2n) is 6.10. The molecule has 22 heavy (non-hydrogen) atoms. The molecule has 0 aliphatic carbocycles. The molecule has 0 fully saturated rings. The number of rotatable bonds is 13. The van der Waals surface area contributed by atoms with Crippen molar-refractivity contribution in [2.45, 2.75) is 44.7 Å². The molecule has 1 N–H and O–H groups in total. The van der Waals surface area contributed by atoms with Crippen molar-refractivity contribution in [3.8, 4) is 0 Å². The first-order valence-corrected chi connectivity index (χ1v) is 13.3. The van der Waals surface area contributed by atoms with Crippen molar-refractivity contribution in [2.24, 2.45) is 0 Å². The first kappa shape index (κ1) is 21.5. The van der Waals surface area contributed by atoms with E-state index in [0.717, 1.165) is 12.5 Å². The molecule has 0 rings (SSSR count). The van der Waals surface area contributed by atoms with E-state index >= 15 is 0 Å². The second-order valence-corrected chi connectivity index (χ2v) is 13.7. The molecule has 0 aromatic carbocycles. The van der Waals surface area contributed by atoms with Crippen LogP contribution in [0.15, 0.2) is 12.2 Å². The summed E-state index contributed by atoms with van der Waals surface area (Å²) in [6, 6.07) is 1.12. The van der Waals surface area contributed by atoms with Crippen LogP contribution in [0.1, 0.15) is 13.3 Å². The van der Waals surface area contributed by atoms with E-state index in [4.69, 9.17) is 19.0 Å². The molecule has 0 amide bonds. The van der Waals surface area contributed by atoms with Gasteiger partial charge >= 0.3 is 5.97 Å². The fourth-order valence-corrected chi connectivity index (χ4v) is 10.4. The van der Waals surface area contributed by atoms with Gasteiger partial charge in [0.2, 0.25) is 0 Å². The van der Waals surface area contributed by atoms with Crippen LogP contribution >= 0.6 is 0 Å². The van der Waals surface area contributed by atoms with Crippen LogP contribution in [0.2, 0.25) is 31.4 Å².